The summed E-state index contributed by atoms with van der Waals surface area (Å²) in [4.78, 5) is 32.4. The summed E-state index contributed by atoms with van der Waals surface area (Å²) < 4.78 is 2.53. The lowest BCUT2D eigenvalue weighted by molar-refractivity contribution is 0.0986. The molecule has 2 aliphatic heterocycles. The lowest BCUT2D eigenvalue weighted by Gasteiger charge is -2.34. The first-order chi connectivity index (χ1) is 14.6. The van der Waals surface area contributed by atoms with E-state index in [0.717, 1.165) is 10.0 Å². The van der Waals surface area contributed by atoms with Crippen LogP contribution in [0.2, 0.25) is 0 Å². The summed E-state index contributed by atoms with van der Waals surface area (Å²) in [7, 11) is 0. The Balaban J connectivity index is 1.70. The highest BCUT2D eigenvalue weighted by Gasteiger charge is 2.44. The first kappa shape index (κ1) is 17.3. The van der Waals surface area contributed by atoms with Gasteiger partial charge in [-0.25, -0.2) is 4.68 Å². The van der Waals surface area contributed by atoms with Crippen molar-refractivity contribution < 1.29 is 4.79 Å². The van der Waals surface area contributed by atoms with E-state index in [1.54, 1.807) is 9.58 Å². The largest absolute Gasteiger partial charge is 0.300 e. The van der Waals surface area contributed by atoms with Gasteiger partial charge in [-0.2, -0.15) is 10.1 Å². The molecule has 1 unspecified atom stereocenters. The van der Waals surface area contributed by atoms with E-state index in [0.29, 0.717) is 28.2 Å². The van der Waals surface area contributed by atoms with Gasteiger partial charge in [0.1, 0.15) is 0 Å². The highest BCUT2D eigenvalue weighted by molar-refractivity contribution is 9.10. The number of carbonyl (C=O) groups excluding carboxylic acids is 1. The SMILES string of the molecule is O=C1c2ccccc2C2N1c1ccc(Br)cc1-c1nc(=O)c(-c3ccccc3)nn12. The first-order valence-corrected chi connectivity index (χ1v) is 10.2. The van der Waals surface area contributed by atoms with Gasteiger partial charge < -0.3 is 0 Å². The van der Waals surface area contributed by atoms with Crippen LogP contribution in [0, 0.1) is 0 Å². The summed E-state index contributed by atoms with van der Waals surface area (Å²) >= 11 is 3.49. The highest BCUT2D eigenvalue weighted by Crippen LogP contribution is 2.47. The maximum atomic E-state index is 13.3. The van der Waals surface area contributed by atoms with Gasteiger partial charge in [-0.3, -0.25) is 14.5 Å². The molecule has 0 N–H and O–H groups in total. The van der Waals surface area contributed by atoms with Crippen molar-refractivity contribution in [2.45, 2.75) is 6.17 Å². The van der Waals surface area contributed by atoms with Crippen LogP contribution in [0.1, 0.15) is 22.1 Å². The van der Waals surface area contributed by atoms with Gasteiger partial charge in [-0.15, -0.1) is 0 Å². The molecule has 144 valence electrons. The summed E-state index contributed by atoms with van der Waals surface area (Å²) in [6, 6.07) is 22.4. The molecule has 1 atom stereocenters. The van der Waals surface area contributed by atoms with Crippen LogP contribution in [-0.2, 0) is 0 Å². The third-order valence-corrected chi connectivity index (χ3v) is 6.00. The Labute approximate surface area is 179 Å². The molecule has 4 aromatic rings. The molecule has 3 aromatic carbocycles. The zero-order chi connectivity index (χ0) is 20.4. The minimum atomic E-state index is -0.493. The molecule has 6 nitrogen and oxygen atoms in total. The summed E-state index contributed by atoms with van der Waals surface area (Å²) in [5.74, 6) is 0.355. The molecule has 0 saturated carbocycles. The molecule has 7 heteroatoms. The minimum absolute atomic E-state index is 0.0911. The maximum Gasteiger partial charge on any atom is 0.300 e. The van der Waals surface area contributed by atoms with Crippen molar-refractivity contribution in [3.8, 4) is 22.6 Å². The van der Waals surface area contributed by atoms with E-state index < -0.39 is 11.7 Å². The smallest absolute Gasteiger partial charge is 0.280 e. The van der Waals surface area contributed by atoms with E-state index in [-0.39, 0.29) is 11.6 Å². The molecule has 2 aliphatic rings. The molecule has 1 aromatic heterocycles. The summed E-state index contributed by atoms with van der Waals surface area (Å²) in [6.45, 7) is 0. The Morgan fingerprint density at radius 3 is 2.47 bits per heavy atom. The zero-order valence-corrected chi connectivity index (χ0v) is 17.1. The number of halogens is 1. The number of anilines is 1. The van der Waals surface area contributed by atoms with Gasteiger partial charge in [0.2, 0.25) is 0 Å². The molecule has 0 saturated heterocycles. The van der Waals surface area contributed by atoms with Crippen molar-refractivity contribution in [3.63, 3.8) is 0 Å². The van der Waals surface area contributed by atoms with Crippen LogP contribution in [-0.4, -0.2) is 20.7 Å². The van der Waals surface area contributed by atoms with Crippen LogP contribution in [0.25, 0.3) is 22.6 Å². The Kier molecular flexibility index (Phi) is 3.58. The predicted octanol–water partition coefficient (Wildman–Crippen LogP) is 4.26. The van der Waals surface area contributed by atoms with E-state index in [1.807, 2.05) is 72.8 Å². The molecular weight excluding hydrogens is 444 g/mol. The topological polar surface area (TPSA) is 68.1 Å². The number of rotatable bonds is 1. The molecule has 0 bridgehead atoms. The third-order valence-electron chi connectivity index (χ3n) is 5.51. The average molecular weight is 457 g/mol. The average Bonchev–Trinajstić information content (AvgIpc) is 3.07. The summed E-state index contributed by atoms with van der Waals surface area (Å²) in [5, 5.41) is 4.72. The minimum Gasteiger partial charge on any atom is -0.280 e. The van der Waals surface area contributed by atoms with Crippen LogP contribution in [0.3, 0.4) is 0 Å². The number of benzene rings is 3. The van der Waals surface area contributed by atoms with Crippen LogP contribution in [0.5, 0.6) is 0 Å². The Morgan fingerprint density at radius 2 is 1.63 bits per heavy atom. The van der Waals surface area contributed by atoms with Crippen molar-refractivity contribution in [2.24, 2.45) is 0 Å². The van der Waals surface area contributed by atoms with Crippen molar-refractivity contribution in [3.05, 3.63) is 98.7 Å². The van der Waals surface area contributed by atoms with Gasteiger partial charge in [0.05, 0.1) is 5.69 Å². The van der Waals surface area contributed by atoms with Crippen LogP contribution in [0.15, 0.2) is 82.1 Å². The second-order valence-corrected chi connectivity index (χ2v) is 8.11. The molecule has 0 spiro atoms. The van der Waals surface area contributed by atoms with Crippen LogP contribution >= 0.6 is 15.9 Å². The van der Waals surface area contributed by atoms with Crippen molar-refractivity contribution in [1.29, 1.82) is 0 Å². The molecule has 6 rings (SSSR count). The van der Waals surface area contributed by atoms with E-state index in [9.17, 15) is 9.59 Å². The van der Waals surface area contributed by atoms with Gasteiger partial charge in [-0.1, -0.05) is 64.5 Å². The van der Waals surface area contributed by atoms with E-state index in [4.69, 9.17) is 5.10 Å². The molecule has 3 heterocycles. The lowest BCUT2D eigenvalue weighted by Crippen LogP contribution is -2.39. The van der Waals surface area contributed by atoms with Gasteiger partial charge in [0, 0.05) is 26.7 Å². The molecule has 0 fully saturated rings. The quantitative estimate of drug-likeness (QED) is 0.429. The van der Waals surface area contributed by atoms with Gasteiger partial charge in [0.15, 0.2) is 17.7 Å². The zero-order valence-electron chi connectivity index (χ0n) is 15.5. The van der Waals surface area contributed by atoms with E-state index >= 15 is 0 Å². The summed E-state index contributed by atoms with van der Waals surface area (Å²) in [5.41, 5.74) is 3.42. The fourth-order valence-corrected chi connectivity index (χ4v) is 4.57. The lowest BCUT2D eigenvalue weighted by atomic mass is 10.1. The molecule has 0 radical (unpaired) electrons. The molecule has 1 amide bonds. The normalized spacial score (nSPS) is 16.0. The monoisotopic (exact) mass is 456 g/mol. The number of hydrogen-bond acceptors (Lipinski definition) is 4. The van der Waals surface area contributed by atoms with Gasteiger partial charge >= 0.3 is 0 Å². The highest BCUT2D eigenvalue weighted by atomic mass is 79.9. The van der Waals surface area contributed by atoms with E-state index in [2.05, 4.69) is 20.9 Å². The van der Waals surface area contributed by atoms with Gasteiger partial charge in [-0.05, 0) is 24.3 Å². The predicted molar refractivity (Wildman–Crippen MR) is 116 cm³/mol. The maximum absolute atomic E-state index is 13.3. The third kappa shape index (κ3) is 2.29. The number of aromatic nitrogens is 3. The second kappa shape index (κ2) is 6.21. The van der Waals surface area contributed by atoms with Crippen LogP contribution in [0.4, 0.5) is 5.69 Å². The summed E-state index contributed by atoms with van der Waals surface area (Å²) in [6.07, 6.45) is -0.493. The van der Waals surface area contributed by atoms with Crippen molar-refractivity contribution in [2.75, 3.05) is 4.90 Å². The molecule has 0 aliphatic carbocycles. The number of amides is 1. The number of nitrogens with zero attached hydrogens (tertiary/aromatic N) is 4. The second-order valence-electron chi connectivity index (χ2n) is 7.20. The van der Waals surface area contributed by atoms with Crippen LogP contribution < -0.4 is 10.5 Å². The molecule has 30 heavy (non-hydrogen) atoms. The Hall–Kier alpha value is -3.58. The Morgan fingerprint density at radius 1 is 0.867 bits per heavy atom. The first-order valence-electron chi connectivity index (χ1n) is 9.42. The van der Waals surface area contributed by atoms with Crippen molar-refractivity contribution >= 4 is 27.5 Å². The molecular formula is C23H13BrN4O2. The Bertz CT molecular complexity index is 1410. The van der Waals surface area contributed by atoms with Gasteiger partial charge in [0.25, 0.3) is 11.5 Å². The fraction of sp³-hybridized carbons (Fsp3) is 0.0435. The van der Waals surface area contributed by atoms with E-state index in [1.165, 1.54) is 0 Å². The standard InChI is InChI=1S/C23H13BrN4O2/c24-14-10-11-18-17(12-14)20-25-21(29)19(13-6-2-1-3-7-13)26-28(20)22-15-8-4-5-9-16(15)23(30)27(18)22/h1-12,22H. The number of fused-ring (bicyclic) bond motifs is 8. The number of hydrogen-bond donors (Lipinski definition) is 0. The number of carbonyl (C=O) groups is 1. The van der Waals surface area contributed by atoms with Crippen molar-refractivity contribution in [1.82, 2.24) is 14.8 Å². The fourth-order valence-electron chi connectivity index (χ4n) is 4.21.